The number of methoxy groups -OCH3 is 1. The molecule has 0 aliphatic heterocycles. The van der Waals surface area contributed by atoms with Crippen molar-refractivity contribution in [3.63, 3.8) is 0 Å². The maximum Gasteiger partial charge on any atom is 0.130 e. The summed E-state index contributed by atoms with van der Waals surface area (Å²) in [5, 5.41) is 12.4. The summed E-state index contributed by atoms with van der Waals surface area (Å²) in [4.78, 5) is 0. The Morgan fingerprint density at radius 3 is 2.45 bits per heavy atom. The molecule has 3 rings (SSSR count). The predicted molar refractivity (Wildman–Crippen MR) is 79.6 cm³/mol. The smallest absolute Gasteiger partial charge is 0.130 e. The molecule has 0 saturated carbocycles. The highest BCUT2D eigenvalue weighted by molar-refractivity contribution is 5.95. The van der Waals surface area contributed by atoms with Crippen LogP contribution < -0.4 is 4.74 Å². The van der Waals surface area contributed by atoms with E-state index in [4.69, 9.17) is 9.47 Å². The molecule has 0 bridgehead atoms. The molecule has 1 N–H and O–H groups in total. The lowest BCUT2D eigenvalue weighted by molar-refractivity contribution is 0.146. The van der Waals surface area contributed by atoms with Crippen LogP contribution >= 0.6 is 0 Å². The van der Waals surface area contributed by atoms with Gasteiger partial charge < -0.3 is 14.6 Å². The van der Waals surface area contributed by atoms with Crippen molar-refractivity contribution in [1.29, 1.82) is 0 Å². The summed E-state index contributed by atoms with van der Waals surface area (Å²) in [6.45, 7) is 1.11. The molecule has 0 fully saturated rings. The molecule has 0 aromatic heterocycles. The molecule has 0 radical (unpaired) electrons. The summed E-state index contributed by atoms with van der Waals surface area (Å²) < 4.78 is 11.0. The fourth-order valence-electron chi connectivity index (χ4n) is 3.02. The molecule has 0 amide bonds. The topological polar surface area (TPSA) is 38.7 Å². The van der Waals surface area contributed by atoms with Crippen molar-refractivity contribution in [2.24, 2.45) is 0 Å². The van der Waals surface area contributed by atoms with E-state index in [1.54, 1.807) is 7.11 Å². The van der Waals surface area contributed by atoms with E-state index >= 15 is 0 Å². The van der Waals surface area contributed by atoms with Gasteiger partial charge in [0.15, 0.2) is 0 Å². The average molecular weight is 272 g/mol. The summed E-state index contributed by atoms with van der Waals surface area (Å²) >= 11 is 0. The molecular weight excluding hydrogens is 252 g/mol. The lowest BCUT2D eigenvalue weighted by Gasteiger charge is -2.23. The van der Waals surface area contributed by atoms with Gasteiger partial charge in [-0.1, -0.05) is 24.3 Å². The van der Waals surface area contributed by atoms with E-state index in [-0.39, 0.29) is 0 Å². The molecule has 0 spiro atoms. The first-order valence-corrected chi connectivity index (χ1v) is 7.20. The molecule has 3 heteroatoms. The molecule has 2 aromatic carbocycles. The first-order chi connectivity index (χ1) is 9.83. The number of aromatic hydroxyl groups is 1. The van der Waals surface area contributed by atoms with Crippen LogP contribution in [0.5, 0.6) is 11.5 Å². The Hall–Kier alpha value is -1.74. The summed E-state index contributed by atoms with van der Waals surface area (Å²) in [5.41, 5.74) is 2.26. The lowest BCUT2D eigenvalue weighted by atomic mass is 9.87. The summed E-state index contributed by atoms with van der Waals surface area (Å²) in [6, 6.07) is 7.92. The molecule has 2 aromatic rings. The number of hydrogen-bond donors (Lipinski definition) is 1. The Labute approximate surface area is 119 Å². The van der Waals surface area contributed by atoms with Crippen molar-refractivity contribution in [1.82, 2.24) is 0 Å². The van der Waals surface area contributed by atoms with Crippen molar-refractivity contribution < 1.29 is 14.6 Å². The predicted octanol–water partition coefficient (Wildman–Crippen LogP) is 3.45. The molecule has 0 saturated heterocycles. The molecule has 20 heavy (non-hydrogen) atoms. The van der Waals surface area contributed by atoms with Crippen molar-refractivity contribution in [3.05, 3.63) is 35.4 Å². The van der Waals surface area contributed by atoms with Gasteiger partial charge in [0, 0.05) is 29.0 Å². The minimum atomic E-state index is 0.439. The van der Waals surface area contributed by atoms with E-state index in [1.807, 2.05) is 24.3 Å². The van der Waals surface area contributed by atoms with Crippen LogP contribution in [-0.2, 0) is 17.6 Å². The Balaban J connectivity index is 2.16. The molecular formula is C17H20O3. The third-order valence-corrected chi connectivity index (χ3v) is 3.99. The van der Waals surface area contributed by atoms with E-state index < -0.39 is 0 Å². The minimum Gasteiger partial charge on any atom is -0.507 e. The number of phenols is 1. The van der Waals surface area contributed by atoms with Crippen LogP contribution in [0.2, 0.25) is 0 Å². The van der Waals surface area contributed by atoms with Gasteiger partial charge in [0.05, 0.1) is 6.61 Å². The second kappa shape index (κ2) is 5.71. The maximum absolute atomic E-state index is 10.5. The Bertz CT molecular complexity index is 619. The lowest BCUT2D eigenvalue weighted by Crippen LogP contribution is -2.10. The van der Waals surface area contributed by atoms with E-state index in [9.17, 15) is 5.11 Å². The van der Waals surface area contributed by atoms with Gasteiger partial charge in [-0.15, -0.1) is 0 Å². The summed E-state index contributed by atoms with van der Waals surface area (Å²) in [5.74, 6) is 1.37. The number of hydrogen-bond acceptors (Lipinski definition) is 3. The first kappa shape index (κ1) is 13.3. The second-order valence-corrected chi connectivity index (χ2v) is 5.23. The van der Waals surface area contributed by atoms with Gasteiger partial charge in [-0.3, -0.25) is 0 Å². The second-order valence-electron chi connectivity index (χ2n) is 5.23. The third-order valence-electron chi connectivity index (χ3n) is 3.99. The standard InChI is InChI=1S/C17H20O3/c1-19-10-11-20-17-14-8-4-2-6-12(14)16(18)13-7-3-5-9-15(13)17/h2,4,6,8,18H,3,5,7,9-11H2,1H3. The molecule has 1 aliphatic rings. The van der Waals surface area contributed by atoms with E-state index in [2.05, 4.69) is 0 Å². The Morgan fingerprint density at radius 2 is 1.70 bits per heavy atom. The van der Waals surface area contributed by atoms with Gasteiger partial charge in [-0.2, -0.15) is 0 Å². The van der Waals surface area contributed by atoms with Crippen molar-refractivity contribution >= 4 is 10.8 Å². The van der Waals surface area contributed by atoms with E-state index in [0.717, 1.165) is 47.8 Å². The van der Waals surface area contributed by atoms with Crippen molar-refractivity contribution in [3.8, 4) is 11.5 Å². The summed E-state index contributed by atoms with van der Waals surface area (Å²) in [7, 11) is 1.67. The van der Waals surface area contributed by atoms with Crippen LogP contribution in [0.4, 0.5) is 0 Å². The molecule has 0 atom stereocenters. The van der Waals surface area contributed by atoms with E-state index in [1.165, 1.54) is 5.56 Å². The zero-order valence-corrected chi connectivity index (χ0v) is 11.8. The molecule has 0 heterocycles. The van der Waals surface area contributed by atoms with Crippen LogP contribution in [0.1, 0.15) is 24.0 Å². The van der Waals surface area contributed by atoms with Crippen molar-refractivity contribution in [2.75, 3.05) is 20.3 Å². The minimum absolute atomic E-state index is 0.439. The monoisotopic (exact) mass is 272 g/mol. The van der Waals surface area contributed by atoms with Gasteiger partial charge in [-0.05, 0) is 25.7 Å². The fraction of sp³-hybridized carbons (Fsp3) is 0.412. The van der Waals surface area contributed by atoms with Crippen LogP contribution in [-0.4, -0.2) is 25.4 Å². The Kier molecular flexibility index (Phi) is 3.79. The number of rotatable bonds is 4. The SMILES string of the molecule is COCCOc1c2c(c(O)c3ccccc13)CCCC2. The maximum atomic E-state index is 10.5. The Morgan fingerprint density at radius 1 is 1.00 bits per heavy atom. The summed E-state index contributed by atoms with van der Waals surface area (Å²) in [6.07, 6.45) is 4.21. The van der Waals surface area contributed by atoms with Crippen molar-refractivity contribution in [2.45, 2.75) is 25.7 Å². The normalized spacial score (nSPS) is 14.2. The third kappa shape index (κ3) is 2.22. The highest BCUT2D eigenvalue weighted by Gasteiger charge is 2.22. The zero-order chi connectivity index (χ0) is 13.9. The molecule has 3 nitrogen and oxygen atoms in total. The van der Waals surface area contributed by atoms with Gasteiger partial charge in [-0.25, -0.2) is 0 Å². The van der Waals surface area contributed by atoms with Crippen LogP contribution in [0.25, 0.3) is 10.8 Å². The first-order valence-electron chi connectivity index (χ1n) is 7.20. The highest BCUT2D eigenvalue weighted by Crippen LogP contribution is 2.43. The number of benzene rings is 2. The largest absolute Gasteiger partial charge is 0.507 e. The van der Waals surface area contributed by atoms with Gasteiger partial charge in [0.2, 0.25) is 0 Å². The fourth-order valence-corrected chi connectivity index (χ4v) is 3.02. The zero-order valence-electron chi connectivity index (χ0n) is 11.8. The van der Waals surface area contributed by atoms with Crippen LogP contribution in [0.3, 0.4) is 0 Å². The average Bonchev–Trinajstić information content (AvgIpc) is 2.51. The van der Waals surface area contributed by atoms with E-state index in [0.29, 0.717) is 19.0 Å². The molecule has 0 unspecified atom stereocenters. The number of fused-ring (bicyclic) bond motifs is 2. The van der Waals surface area contributed by atoms with Gasteiger partial charge >= 0.3 is 0 Å². The number of phenolic OH excluding ortho intramolecular Hbond substituents is 1. The van der Waals surface area contributed by atoms with Crippen LogP contribution in [0, 0.1) is 0 Å². The van der Waals surface area contributed by atoms with Gasteiger partial charge in [0.25, 0.3) is 0 Å². The quantitative estimate of drug-likeness (QED) is 0.866. The van der Waals surface area contributed by atoms with Crippen LogP contribution in [0.15, 0.2) is 24.3 Å². The van der Waals surface area contributed by atoms with Gasteiger partial charge in [0.1, 0.15) is 18.1 Å². The molecule has 1 aliphatic carbocycles. The molecule has 106 valence electrons. The number of ether oxygens (including phenoxy) is 2. The highest BCUT2D eigenvalue weighted by atomic mass is 16.5.